The van der Waals surface area contributed by atoms with Gasteiger partial charge in [0.15, 0.2) is 0 Å². The van der Waals surface area contributed by atoms with Crippen LogP contribution in [0.25, 0.3) is 11.1 Å². The molecule has 2 aromatic rings. The smallest absolute Gasteiger partial charge is 0.129 e. The molecule has 23 heavy (non-hydrogen) atoms. The highest BCUT2D eigenvalue weighted by Crippen LogP contribution is 2.36. The van der Waals surface area contributed by atoms with Crippen molar-refractivity contribution in [2.75, 3.05) is 13.1 Å². The van der Waals surface area contributed by atoms with Crippen molar-refractivity contribution in [2.45, 2.75) is 38.7 Å². The van der Waals surface area contributed by atoms with Crippen LogP contribution < -0.4 is 5.32 Å². The van der Waals surface area contributed by atoms with Crippen molar-refractivity contribution in [3.05, 3.63) is 59.9 Å². The van der Waals surface area contributed by atoms with E-state index in [4.69, 9.17) is 0 Å². The molecule has 0 amide bonds. The molecule has 0 aromatic heterocycles. The molecule has 0 aliphatic carbocycles. The molecule has 0 aliphatic heterocycles. The highest BCUT2D eigenvalue weighted by Gasteiger charge is 2.29. The zero-order chi connectivity index (χ0) is 16.7. The van der Waals surface area contributed by atoms with Crippen LogP contribution in [-0.2, 0) is 5.60 Å². The zero-order valence-corrected chi connectivity index (χ0v) is 14.0. The van der Waals surface area contributed by atoms with Gasteiger partial charge in [-0.05, 0) is 56.5 Å². The minimum atomic E-state index is -1.19. The molecule has 0 saturated heterocycles. The Labute approximate surface area is 138 Å². The molecule has 3 heteroatoms. The first-order valence-corrected chi connectivity index (χ1v) is 8.34. The Kier molecular flexibility index (Phi) is 6.31. The Hall–Kier alpha value is -1.71. The lowest BCUT2D eigenvalue weighted by atomic mass is 9.85. The fourth-order valence-electron chi connectivity index (χ4n) is 2.91. The second kappa shape index (κ2) is 8.23. The van der Waals surface area contributed by atoms with Crippen LogP contribution in [0.1, 0.15) is 38.7 Å². The summed E-state index contributed by atoms with van der Waals surface area (Å²) in [6, 6.07) is 14.7. The van der Waals surface area contributed by atoms with Crippen LogP contribution in [0.15, 0.2) is 48.5 Å². The summed E-state index contributed by atoms with van der Waals surface area (Å²) in [6.45, 7) is 5.63. The van der Waals surface area contributed by atoms with Gasteiger partial charge in [0.05, 0.1) is 5.60 Å². The molecule has 124 valence electrons. The molecule has 2 nitrogen and oxygen atoms in total. The van der Waals surface area contributed by atoms with E-state index in [-0.39, 0.29) is 5.82 Å². The Morgan fingerprint density at radius 2 is 1.78 bits per heavy atom. The SMILES string of the molecule is CCCNCCCC(C)(O)c1c(F)cccc1-c1ccccc1. The predicted molar refractivity (Wildman–Crippen MR) is 93.8 cm³/mol. The number of aliphatic hydroxyl groups is 1. The van der Waals surface area contributed by atoms with Gasteiger partial charge >= 0.3 is 0 Å². The van der Waals surface area contributed by atoms with Crippen molar-refractivity contribution < 1.29 is 9.50 Å². The quantitative estimate of drug-likeness (QED) is 0.704. The van der Waals surface area contributed by atoms with Crippen LogP contribution in [0.2, 0.25) is 0 Å². The molecule has 0 heterocycles. The fraction of sp³-hybridized carbons (Fsp3) is 0.400. The van der Waals surface area contributed by atoms with E-state index < -0.39 is 5.60 Å². The van der Waals surface area contributed by atoms with Gasteiger partial charge in [0.1, 0.15) is 5.82 Å². The van der Waals surface area contributed by atoms with Crippen molar-refractivity contribution in [1.29, 1.82) is 0 Å². The van der Waals surface area contributed by atoms with Crippen molar-refractivity contribution in [3.8, 4) is 11.1 Å². The lowest BCUT2D eigenvalue weighted by Crippen LogP contribution is -2.26. The van der Waals surface area contributed by atoms with Gasteiger partial charge in [-0.1, -0.05) is 49.4 Å². The third-order valence-electron chi connectivity index (χ3n) is 4.08. The van der Waals surface area contributed by atoms with E-state index in [1.807, 2.05) is 36.4 Å². The average molecular weight is 315 g/mol. The van der Waals surface area contributed by atoms with Crippen molar-refractivity contribution in [2.24, 2.45) is 0 Å². The summed E-state index contributed by atoms with van der Waals surface area (Å²) in [4.78, 5) is 0. The molecular weight excluding hydrogens is 289 g/mol. The third kappa shape index (κ3) is 4.63. The summed E-state index contributed by atoms with van der Waals surface area (Å²) in [5.41, 5.74) is 0.884. The van der Waals surface area contributed by atoms with Crippen LogP contribution in [0, 0.1) is 5.82 Å². The van der Waals surface area contributed by atoms with E-state index in [2.05, 4.69) is 12.2 Å². The third-order valence-corrected chi connectivity index (χ3v) is 4.08. The topological polar surface area (TPSA) is 32.3 Å². The zero-order valence-electron chi connectivity index (χ0n) is 14.0. The van der Waals surface area contributed by atoms with Gasteiger partial charge in [0, 0.05) is 5.56 Å². The van der Waals surface area contributed by atoms with Gasteiger partial charge in [-0.25, -0.2) is 4.39 Å². The Morgan fingerprint density at radius 1 is 1.04 bits per heavy atom. The van der Waals surface area contributed by atoms with Gasteiger partial charge in [0.2, 0.25) is 0 Å². The monoisotopic (exact) mass is 315 g/mol. The Balaban J connectivity index is 2.23. The van der Waals surface area contributed by atoms with E-state index in [0.717, 1.165) is 37.1 Å². The van der Waals surface area contributed by atoms with E-state index in [1.165, 1.54) is 6.07 Å². The molecule has 2 N–H and O–H groups in total. The molecule has 0 bridgehead atoms. The summed E-state index contributed by atoms with van der Waals surface area (Å²) in [5, 5.41) is 14.2. The fourth-order valence-corrected chi connectivity index (χ4v) is 2.91. The maximum Gasteiger partial charge on any atom is 0.129 e. The molecule has 0 aliphatic rings. The van der Waals surface area contributed by atoms with Crippen LogP contribution in [0.5, 0.6) is 0 Å². The largest absolute Gasteiger partial charge is 0.385 e. The molecule has 0 radical (unpaired) electrons. The molecule has 0 saturated carbocycles. The maximum atomic E-state index is 14.5. The number of halogens is 1. The summed E-state index contributed by atoms with van der Waals surface area (Å²) < 4.78 is 14.5. The van der Waals surface area contributed by atoms with E-state index >= 15 is 0 Å². The van der Waals surface area contributed by atoms with Crippen LogP contribution in [-0.4, -0.2) is 18.2 Å². The van der Waals surface area contributed by atoms with Gasteiger partial charge < -0.3 is 10.4 Å². The first kappa shape index (κ1) is 17.6. The van der Waals surface area contributed by atoms with Crippen LogP contribution in [0.3, 0.4) is 0 Å². The van der Waals surface area contributed by atoms with Gasteiger partial charge in [-0.3, -0.25) is 0 Å². The summed E-state index contributed by atoms with van der Waals surface area (Å²) in [5.74, 6) is -0.349. The van der Waals surface area contributed by atoms with E-state index in [9.17, 15) is 9.50 Å². The summed E-state index contributed by atoms with van der Waals surface area (Å²) >= 11 is 0. The highest BCUT2D eigenvalue weighted by molar-refractivity contribution is 5.68. The maximum absolute atomic E-state index is 14.5. The van der Waals surface area contributed by atoms with Crippen LogP contribution >= 0.6 is 0 Å². The molecule has 0 fully saturated rings. The lowest BCUT2D eigenvalue weighted by molar-refractivity contribution is 0.0426. The van der Waals surface area contributed by atoms with Crippen molar-refractivity contribution >= 4 is 0 Å². The molecule has 1 atom stereocenters. The lowest BCUT2D eigenvalue weighted by Gasteiger charge is -2.27. The normalized spacial score (nSPS) is 13.7. The summed E-state index contributed by atoms with van der Waals surface area (Å²) in [7, 11) is 0. The minimum Gasteiger partial charge on any atom is -0.385 e. The van der Waals surface area contributed by atoms with Crippen molar-refractivity contribution in [3.63, 3.8) is 0 Å². The van der Waals surface area contributed by atoms with E-state index in [1.54, 1.807) is 13.0 Å². The van der Waals surface area contributed by atoms with Gasteiger partial charge in [-0.2, -0.15) is 0 Å². The average Bonchev–Trinajstić information content (AvgIpc) is 2.55. The second-order valence-electron chi connectivity index (χ2n) is 6.16. The number of nitrogens with one attached hydrogen (secondary N) is 1. The number of benzene rings is 2. The number of hydrogen-bond donors (Lipinski definition) is 2. The Morgan fingerprint density at radius 3 is 2.48 bits per heavy atom. The molecule has 1 unspecified atom stereocenters. The Bertz CT molecular complexity index is 610. The number of rotatable bonds is 8. The highest BCUT2D eigenvalue weighted by atomic mass is 19.1. The van der Waals surface area contributed by atoms with E-state index in [0.29, 0.717) is 12.0 Å². The van der Waals surface area contributed by atoms with Crippen molar-refractivity contribution in [1.82, 2.24) is 5.32 Å². The molecule has 2 aromatic carbocycles. The van der Waals surface area contributed by atoms with Crippen LogP contribution in [0.4, 0.5) is 4.39 Å². The molecular formula is C20H26FNO. The standard InChI is InChI=1S/C20H26FNO/c1-3-14-22-15-8-13-20(2,23)19-17(11-7-12-18(19)21)16-9-5-4-6-10-16/h4-7,9-12,22-23H,3,8,13-15H2,1-2H3. The predicted octanol–water partition coefficient (Wildman–Crippen LogP) is 4.48. The van der Waals surface area contributed by atoms with Gasteiger partial charge in [0.25, 0.3) is 0 Å². The number of hydrogen-bond acceptors (Lipinski definition) is 2. The first-order chi connectivity index (χ1) is 11.1. The summed E-state index contributed by atoms with van der Waals surface area (Å²) in [6.07, 6.45) is 2.40. The minimum absolute atomic E-state index is 0.349. The second-order valence-corrected chi connectivity index (χ2v) is 6.16. The molecule has 0 spiro atoms. The first-order valence-electron chi connectivity index (χ1n) is 8.34. The van der Waals surface area contributed by atoms with Gasteiger partial charge in [-0.15, -0.1) is 0 Å². The molecule has 2 rings (SSSR count).